The first-order chi connectivity index (χ1) is 14.2. The van der Waals surface area contributed by atoms with Crippen LogP contribution in [0, 0.1) is 24.7 Å². The van der Waals surface area contributed by atoms with Gasteiger partial charge < -0.3 is 10.3 Å². The molecule has 3 aromatic rings. The molecule has 30 heavy (non-hydrogen) atoms. The Kier molecular flexibility index (Phi) is 4.98. The number of halogens is 3. The minimum Gasteiger partial charge on any atom is -0.383 e. The van der Waals surface area contributed by atoms with Crippen molar-refractivity contribution in [2.45, 2.75) is 38.9 Å². The molecule has 154 valence electrons. The molecule has 0 atom stereocenters. The molecule has 2 aromatic heterocycles. The number of alkyl halides is 3. The van der Waals surface area contributed by atoms with E-state index in [4.69, 9.17) is 5.73 Å². The van der Waals surface area contributed by atoms with Crippen molar-refractivity contribution in [2.24, 2.45) is 5.92 Å². The molecule has 1 aliphatic carbocycles. The molecule has 8 heteroatoms. The van der Waals surface area contributed by atoms with Crippen LogP contribution in [0.3, 0.4) is 0 Å². The third-order valence-corrected chi connectivity index (χ3v) is 5.09. The number of ketones is 1. The van der Waals surface area contributed by atoms with Crippen LogP contribution >= 0.6 is 0 Å². The van der Waals surface area contributed by atoms with Crippen LogP contribution in [0.5, 0.6) is 0 Å². The van der Waals surface area contributed by atoms with Gasteiger partial charge in [0.2, 0.25) is 0 Å². The number of fused-ring (bicyclic) bond motifs is 1. The van der Waals surface area contributed by atoms with E-state index in [2.05, 4.69) is 21.8 Å². The SMILES string of the molecule is Cc1ccc(C(=O)CC2CC2)cc1C#Cc1cn(CC(F)(F)F)c2ncnc(N)c12. The summed E-state index contributed by atoms with van der Waals surface area (Å²) < 4.78 is 39.8. The molecular formula is C22H19F3N4O. The van der Waals surface area contributed by atoms with Crippen molar-refractivity contribution in [1.29, 1.82) is 0 Å². The maximum absolute atomic E-state index is 12.9. The summed E-state index contributed by atoms with van der Waals surface area (Å²) in [5.41, 5.74) is 8.38. The first-order valence-electron chi connectivity index (χ1n) is 9.53. The lowest BCUT2D eigenvalue weighted by molar-refractivity contribution is -0.139. The number of hydrogen-bond acceptors (Lipinski definition) is 4. The summed E-state index contributed by atoms with van der Waals surface area (Å²) >= 11 is 0. The van der Waals surface area contributed by atoms with E-state index in [0.717, 1.165) is 29.3 Å². The first-order valence-corrected chi connectivity index (χ1v) is 9.53. The van der Waals surface area contributed by atoms with Crippen LogP contribution in [0.1, 0.15) is 46.3 Å². The Morgan fingerprint density at radius 3 is 2.67 bits per heavy atom. The van der Waals surface area contributed by atoms with Crippen molar-refractivity contribution in [3.63, 3.8) is 0 Å². The second-order valence-electron chi connectivity index (χ2n) is 7.59. The van der Waals surface area contributed by atoms with E-state index < -0.39 is 12.7 Å². The summed E-state index contributed by atoms with van der Waals surface area (Å²) in [4.78, 5) is 20.2. The molecule has 0 spiro atoms. The molecule has 0 bridgehead atoms. The fourth-order valence-electron chi connectivity index (χ4n) is 3.32. The van der Waals surface area contributed by atoms with Gasteiger partial charge in [-0.05, 0) is 37.3 Å². The van der Waals surface area contributed by atoms with Gasteiger partial charge in [-0.1, -0.05) is 24.0 Å². The Labute approximate surface area is 171 Å². The van der Waals surface area contributed by atoms with Crippen molar-refractivity contribution in [1.82, 2.24) is 14.5 Å². The Morgan fingerprint density at radius 2 is 1.97 bits per heavy atom. The lowest BCUT2D eigenvalue weighted by Gasteiger charge is -2.07. The highest BCUT2D eigenvalue weighted by molar-refractivity contribution is 5.97. The molecule has 2 N–H and O–H groups in total. The zero-order chi connectivity index (χ0) is 21.5. The third-order valence-electron chi connectivity index (χ3n) is 5.09. The van der Waals surface area contributed by atoms with Crippen LogP contribution in [-0.4, -0.2) is 26.5 Å². The number of anilines is 1. The topological polar surface area (TPSA) is 73.8 Å². The number of nitrogens with zero attached hydrogens (tertiary/aromatic N) is 3. The molecule has 0 saturated heterocycles. The van der Waals surface area contributed by atoms with Gasteiger partial charge in [0.1, 0.15) is 24.3 Å². The minimum absolute atomic E-state index is 0.0651. The second kappa shape index (κ2) is 7.48. The Hall–Kier alpha value is -3.34. The van der Waals surface area contributed by atoms with E-state index in [1.807, 2.05) is 13.0 Å². The minimum atomic E-state index is -4.41. The zero-order valence-corrected chi connectivity index (χ0v) is 16.3. The van der Waals surface area contributed by atoms with E-state index in [0.29, 0.717) is 29.0 Å². The van der Waals surface area contributed by atoms with Gasteiger partial charge in [-0.3, -0.25) is 4.79 Å². The molecule has 4 rings (SSSR count). The van der Waals surface area contributed by atoms with E-state index in [-0.39, 0.29) is 22.6 Å². The predicted octanol–water partition coefficient (Wildman–Crippen LogP) is 4.27. The standard InChI is InChI=1S/C22H19F3N4O/c1-13-2-5-16(18(30)8-14-3-4-14)9-15(13)6-7-17-10-29(11-22(23,24)25)21-19(17)20(26)27-12-28-21/h2,5,9-10,12,14H,3-4,8,11H2,1H3,(H2,26,27,28). The maximum Gasteiger partial charge on any atom is 0.406 e. The summed E-state index contributed by atoms with van der Waals surface area (Å²) in [5.74, 6) is 6.51. The van der Waals surface area contributed by atoms with Crippen LogP contribution in [0.2, 0.25) is 0 Å². The molecule has 2 heterocycles. The molecule has 5 nitrogen and oxygen atoms in total. The third kappa shape index (κ3) is 4.30. The number of benzene rings is 1. The zero-order valence-electron chi connectivity index (χ0n) is 16.3. The van der Waals surface area contributed by atoms with E-state index in [9.17, 15) is 18.0 Å². The molecule has 1 aromatic carbocycles. The molecule has 1 fully saturated rings. The number of hydrogen-bond donors (Lipinski definition) is 1. The summed E-state index contributed by atoms with van der Waals surface area (Å²) in [5, 5.41) is 0.285. The summed E-state index contributed by atoms with van der Waals surface area (Å²) in [6.45, 7) is 0.662. The Morgan fingerprint density at radius 1 is 1.23 bits per heavy atom. The van der Waals surface area contributed by atoms with Gasteiger partial charge in [0.15, 0.2) is 5.78 Å². The number of aromatic nitrogens is 3. The van der Waals surface area contributed by atoms with Crippen molar-refractivity contribution in [3.05, 3.63) is 53.0 Å². The highest BCUT2D eigenvalue weighted by Gasteiger charge is 2.29. The van der Waals surface area contributed by atoms with E-state index >= 15 is 0 Å². The number of nitrogens with two attached hydrogens (primary N) is 1. The highest BCUT2D eigenvalue weighted by Crippen LogP contribution is 2.33. The Bertz CT molecular complexity index is 1200. The smallest absolute Gasteiger partial charge is 0.383 e. The molecule has 0 amide bonds. The molecule has 0 unspecified atom stereocenters. The summed E-state index contributed by atoms with van der Waals surface area (Å²) in [6, 6.07) is 5.35. The van der Waals surface area contributed by atoms with Gasteiger partial charge in [-0.15, -0.1) is 0 Å². The van der Waals surface area contributed by atoms with Crippen molar-refractivity contribution < 1.29 is 18.0 Å². The number of carbonyl (C=O) groups excluding carboxylic acids is 1. The van der Waals surface area contributed by atoms with Crippen LogP contribution in [0.4, 0.5) is 19.0 Å². The average molecular weight is 412 g/mol. The highest BCUT2D eigenvalue weighted by atomic mass is 19.4. The number of Topliss-reactive ketones (excluding diaryl/α,β-unsaturated/α-hetero) is 1. The van der Waals surface area contributed by atoms with Gasteiger partial charge in [0.25, 0.3) is 0 Å². The van der Waals surface area contributed by atoms with Gasteiger partial charge >= 0.3 is 6.18 Å². The molecule has 1 saturated carbocycles. The maximum atomic E-state index is 12.9. The molecule has 1 aliphatic rings. The average Bonchev–Trinajstić information content (AvgIpc) is 3.41. The summed E-state index contributed by atoms with van der Waals surface area (Å²) in [7, 11) is 0. The van der Waals surface area contributed by atoms with E-state index in [1.165, 1.54) is 6.20 Å². The van der Waals surface area contributed by atoms with Gasteiger partial charge in [0.05, 0.1) is 10.9 Å². The quantitative estimate of drug-likeness (QED) is 0.513. The molecule has 0 radical (unpaired) electrons. The van der Waals surface area contributed by atoms with Gasteiger partial charge in [-0.25, -0.2) is 9.97 Å². The van der Waals surface area contributed by atoms with Crippen LogP contribution in [0.25, 0.3) is 11.0 Å². The molecular weight excluding hydrogens is 393 g/mol. The molecule has 0 aliphatic heterocycles. The monoisotopic (exact) mass is 412 g/mol. The predicted molar refractivity (Wildman–Crippen MR) is 107 cm³/mol. The van der Waals surface area contributed by atoms with Crippen LogP contribution in [0.15, 0.2) is 30.7 Å². The fraction of sp³-hybridized carbons (Fsp3) is 0.318. The number of rotatable bonds is 4. The van der Waals surface area contributed by atoms with E-state index in [1.54, 1.807) is 12.1 Å². The fourth-order valence-corrected chi connectivity index (χ4v) is 3.32. The van der Waals surface area contributed by atoms with Crippen molar-refractivity contribution >= 4 is 22.6 Å². The Balaban J connectivity index is 1.73. The van der Waals surface area contributed by atoms with Gasteiger partial charge in [-0.2, -0.15) is 13.2 Å². The second-order valence-corrected chi connectivity index (χ2v) is 7.59. The number of nitrogen functional groups attached to an aromatic ring is 1. The number of carbonyl (C=O) groups is 1. The van der Waals surface area contributed by atoms with Crippen molar-refractivity contribution in [2.75, 3.05) is 5.73 Å². The summed E-state index contributed by atoms with van der Waals surface area (Å²) in [6.07, 6.45) is 0.720. The largest absolute Gasteiger partial charge is 0.406 e. The number of aryl methyl sites for hydroxylation is 1. The van der Waals surface area contributed by atoms with Crippen molar-refractivity contribution in [3.8, 4) is 11.8 Å². The lowest BCUT2D eigenvalue weighted by atomic mass is 10.00. The van der Waals surface area contributed by atoms with Crippen LogP contribution < -0.4 is 5.73 Å². The van der Waals surface area contributed by atoms with Gasteiger partial charge in [0, 0.05) is 23.7 Å². The normalized spacial score (nSPS) is 13.9. The van der Waals surface area contributed by atoms with Crippen LogP contribution in [-0.2, 0) is 6.54 Å². The lowest BCUT2D eigenvalue weighted by Crippen LogP contribution is -2.17. The first kappa shape index (κ1) is 20.0.